The van der Waals surface area contributed by atoms with E-state index in [1.807, 2.05) is 0 Å². The monoisotopic (exact) mass is 212 g/mol. The maximum atomic E-state index is 11.9. The number of carbonyl (C=O) groups excluding carboxylic acids is 1. The maximum absolute atomic E-state index is 11.9. The van der Waals surface area contributed by atoms with Gasteiger partial charge in [0.2, 0.25) is 0 Å². The summed E-state index contributed by atoms with van der Waals surface area (Å²) in [5, 5.41) is 14.0. The highest BCUT2D eigenvalue weighted by Gasteiger charge is 2.50. The van der Waals surface area contributed by atoms with Crippen LogP contribution in [0.25, 0.3) is 0 Å². The van der Waals surface area contributed by atoms with Gasteiger partial charge in [0.15, 0.2) is 6.23 Å². The number of urea groups is 1. The van der Waals surface area contributed by atoms with E-state index in [1.54, 1.807) is 0 Å². The van der Waals surface area contributed by atoms with E-state index in [0.29, 0.717) is 25.4 Å². The molecular weight excluding hydrogens is 200 g/mol. The molecule has 2 amide bonds. The summed E-state index contributed by atoms with van der Waals surface area (Å²) < 4.78 is 5.13. The zero-order chi connectivity index (χ0) is 10.4. The first-order valence-electron chi connectivity index (χ1n) is 4.94. The zero-order valence-electron chi connectivity index (χ0n) is 8.09. The second-order valence-electron chi connectivity index (χ2n) is 3.79. The van der Waals surface area contributed by atoms with Gasteiger partial charge in [-0.1, -0.05) is 0 Å². The summed E-state index contributed by atoms with van der Waals surface area (Å²) in [5.41, 5.74) is 2.79. The van der Waals surface area contributed by atoms with Gasteiger partial charge in [0, 0.05) is 13.0 Å². The Morgan fingerprint density at radius 2 is 2.47 bits per heavy atom. The van der Waals surface area contributed by atoms with Crippen molar-refractivity contribution < 1.29 is 14.6 Å². The number of aliphatic hydroxyl groups excluding tert-OH is 1. The molecule has 3 aliphatic rings. The minimum absolute atomic E-state index is 0.215. The number of ether oxygens (including phenoxy) is 1. The number of hydrogen-bond donors (Lipinski definition) is 2. The molecule has 3 heterocycles. The van der Waals surface area contributed by atoms with Crippen LogP contribution in [0.3, 0.4) is 0 Å². The van der Waals surface area contributed by atoms with Crippen molar-refractivity contribution in [1.82, 2.24) is 15.2 Å². The minimum atomic E-state index is -0.835. The van der Waals surface area contributed by atoms with Crippen LogP contribution in [-0.2, 0) is 4.74 Å². The average molecular weight is 212 g/mol. The van der Waals surface area contributed by atoms with Crippen molar-refractivity contribution in [1.29, 1.82) is 0 Å². The average Bonchev–Trinajstić information content (AvgIpc) is 2.89. The Morgan fingerprint density at radius 3 is 3.13 bits per heavy atom. The topological polar surface area (TPSA) is 77.4 Å². The summed E-state index contributed by atoms with van der Waals surface area (Å²) >= 11 is 0. The van der Waals surface area contributed by atoms with Crippen molar-refractivity contribution in [3.63, 3.8) is 0 Å². The summed E-state index contributed by atoms with van der Waals surface area (Å²) in [4.78, 5) is 14.8. The van der Waals surface area contributed by atoms with E-state index < -0.39 is 6.23 Å². The van der Waals surface area contributed by atoms with Gasteiger partial charge in [0.05, 0.1) is 6.61 Å². The maximum Gasteiger partial charge on any atom is 0.330 e. The van der Waals surface area contributed by atoms with Crippen LogP contribution in [0.2, 0.25) is 0 Å². The lowest BCUT2D eigenvalue weighted by Gasteiger charge is -2.19. The number of hydrazone groups is 1. The Bertz CT molecular complexity index is 332. The molecule has 2 atom stereocenters. The predicted octanol–water partition coefficient (Wildman–Crippen LogP) is -1.29. The number of aliphatic hydroxyl groups is 1. The number of carbonyl (C=O) groups is 1. The lowest BCUT2D eigenvalue weighted by Crippen LogP contribution is -2.41. The van der Waals surface area contributed by atoms with Crippen LogP contribution in [0.15, 0.2) is 5.10 Å². The molecule has 0 spiro atoms. The van der Waals surface area contributed by atoms with E-state index in [4.69, 9.17) is 4.74 Å². The number of amides is 2. The molecule has 0 bridgehead atoms. The Kier molecular flexibility index (Phi) is 1.83. The van der Waals surface area contributed by atoms with Gasteiger partial charge < -0.3 is 15.3 Å². The third kappa shape index (κ3) is 1.13. The van der Waals surface area contributed by atoms with Crippen LogP contribution in [0.4, 0.5) is 4.79 Å². The second-order valence-corrected chi connectivity index (χ2v) is 3.79. The third-order valence-electron chi connectivity index (χ3n) is 2.93. The molecule has 2 unspecified atom stereocenters. The number of nitrogens with one attached hydrogen (secondary N) is 1. The molecule has 2 N–H and O–H groups in total. The van der Waals surface area contributed by atoms with Gasteiger partial charge in [-0.3, -0.25) is 9.80 Å². The number of fused-ring (bicyclic) bond motifs is 1. The Hall–Kier alpha value is -1.34. The van der Waals surface area contributed by atoms with Crippen molar-refractivity contribution in [2.24, 2.45) is 5.10 Å². The van der Waals surface area contributed by atoms with Gasteiger partial charge in [-0.05, 0) is 0 Å². The summed E-state index contributed by atoms with van der Waals surface area (Å²) in [6.07, 6.45) is -0.164. The Morgan fingerprint density at radius 1 is 1.60 bits per heavy atom. The zero-order valence-corrected chi connectivity index (χ0v) is 8.09. The van der Waals surface area contributed by atoms with Crippen LogP contribution >= 0.6 is 0 Å². The van der Waals surface area contributed by atoms with Crippen LogP contribution in [-0.4, -0.2) is 58.9 Å². The van der Waals surface area contributed by atoms with Crippen molar-refractivity contribution in [2.75, 3.05) is 19.9 Å². The standard InChI is InChI=1S/C8H12N4O3/c13-7-5-3-15-4-11(5)8(14)12(7)6-1-2-9-10-6/h5,7,9,13H,1-4H2. The molecule has 0 saturated carbocycles. The molecule has 2 saturated heterocycles. The molecule has 0 radical (unpaired) electrons. The fourth-order valence-electron chi connectivity index (χ4n) is 2.13. The lowest BCUT2D eigenvalue weighted by molar-refractivity contribution is 0.0623. The molecule has 0 aromatic heterocycles. The fourth-order valence-corrected chi connectivity index (χ4v) is 2.13. The van der Waals surface area contributed by atoms with Crippen molar-refractivity contribution >= 4 is 11.9 Å². The van der Waals surface area contributed by atoms with Gasteiger partial charge in [-0.25, -0.2) is 4.79 Å². The third-order valence-corrected chi connectivity index (χ3v) is 2.93. The quantitative estimate of drug-likeness (QED) is 0.523. The SMILES string of the molecule is O=C1N2COCC2C(O)N1C1=NNCC1. The first-order valence-corrected chi connectivity index (χ1v) is 4.94. The summed E-state index contributed by atoms with van der Waals surface area (Å²) in [6, 6.07) is -0.465. The molecule has 0 aromatic rings. The van der Waals surface area contributed by atoms with E-state index in [0.717, 1.165) is 0 Å². The van der Waals surface area contributed by atoms with Gasteiger partial charge >= 0.3 is 6.03 Å². The number of rotatable bonds is 0. The predicted molar refractivity (Wildman–Crippen MR) is 49.7 cm³/mol. The van der Waals surface area contributed by atoms with E-state index in [9.17, 15) is 9.90 Å². The lowest BCUT2D eigenvalue weighted by atomic mass is 10.2. The first-order chi connectivity index (χ1) is 7.29. The molecule has 15 heavy (non-hydrogen) atoms. The molecule has 0 aliphatic carbocycles. The number of hydrogen-bond acceptors (Lipinski definition) is 5. The van der Waals surface area contributed by atoms with Gasteiger partial charge in [0.25, 0.3) is 0 Å². The van der Waals surface area contributed by atoms with Crippen molar-refractivity contribution in [3.8, 4) is 0 Å². The summed E-state index contributed by atoms with van der Waals surface area (Å²) in [5.74, 6) is 0.613. The molecule has 7 nitrogen and oxygen atoms in total. The Labute approximate surface area is 86.3 Å². The summed E-state index contributed by atoms with van der Waals surface area (Å²) in [7, 11) is 0. The molecule has 82 valence electrons. The Balaban J connectivity index is 1.88. The van der Waals surface area contributed by atoms with Gasteiger partial charge in [-0.15, -0.1) is 0 Å². The highest BCUT2D eigenvalue weighted by molar-refractivity contribution is 6.00. The van der Waals surface area contributed by atoms with Gasteiger partial charge in [-0.2, -0.15) is 5.10 Å². The van der Waals surface area contributed by atoms with E-state index >= 15 is 0 Å². The molecule has 0 aromatic carbocycles. The number of nitrogens with zero attached hydrogens (tertiary/aromatic N) is 3. The second kappa shape index (κ2) is 3.07. The fraction of sp³-hybridized carbons (Fsp3) is 0.750. The number of amidine groups is 1. The van der Waals surface area contributed by atoms with Crippen LogP contribution in [0, 0.1) is 0 Å². The van der Waals surface area contributed by atoms with Crippen LogP contribution in [0.5, 0.6) is 0 Å². The smallest absolute Gasteiger partial charge is 0.330 e. The van der Waals surface area contributed by atoms with E-state index in [2.05, 4.69) is 10.5 Å². The molecular formula is C8H12N4O3. The molecule has 7 heteroatoms. The van der Waals surface area contributed by atoms with Crippen LogP contribution < -0.4 is 5.43 Å². The van der Waals surface area contributed by atoms with Crippen LogP contribution in [0.1, 0.15) is 6.42 Å². The van der Waals surface area contributed by atoms with Crippen molar-refractivity contribution in [3.05, 3.63) is 0 Å². The first kappa shape index (κ1) is 8.93. The molecule has 3 aliphatic heterocycles. The highest BCUT2D eigenvalue weighted by Crippen LogP contribution is 2.27. The minimum Gasteiger partial charge on any atom is -0.371 e. The summed E-state index contributed by atoms with van der Waals surface area (Å²) in [6.45, 7) is 1.37. The molecule has 2 fully saturated rings. The highest BCUT2D eigenvalue weighted by atomic mass is 16.5. The van der Waals surface area contributed by atoms with Crippen molar-refractivity contribution in [2.45, 2.75) is 18.7 Å². The molecule has 3 rings (SSSR count). The van der Waals surface area contributed by atoms with E-state index in [-0.39, 0.29) is 18.8 Å². The van der Waals surface area contributed by atoms with Gasteiger partial charge in [0.1, 0.15) is 18.6 Å². The normalized spacial score (nSPS) is 34.5. The largest absolute Gasteiger partial charge is 0.371 e. The van der Waals surface area contributed by atoms with E-state index in [1.165, 1.54) is 9.80 Å².